The van der Waals surface area contributed by atoms with E-state index in [1.807, 2.05) is 0 Å². The van der Waals surface area contributed by atoms with Gasteiger partial charge in [0.15, 0.2) is 0 Å². The molecule has 3 N–H and O–H groups in total. The van der Waals surface area contributed by atoms with Gasteiger partial charge in [0.05, 0.1) is 12.0 Å². The molecule has 1 aromatic rings. The number of aromatic nitrogens is 2. The van der Waals surface area contributed by atoms with Crippen LogP contribution >= 0.6 is 0 Å². The van der Waals surface area contributed by atoms with Crippen molar-refractivity contribution < 1.29 is 14.5 Å². The van der Waals surface area contributed by atoms with Crippen LogP contribution in [0, 0.1) is 10.1 Å². The Morgan fingerprint density at radius 3 is 2.83 bits per heavy atom. The lowest BCUT2D eigenvalue weighted by Crippen LogP contribution is -2.25. The van der Waals surface area contributed by atoms with Crippen molar-refractivity contribution in [3.8, 4) is 5.88 Å². The molecule has 0 bridgehead atoms. The molecular weight excluding hydrogens is 242 g/mol. The average Bonchev–Trinajstić information content (AvgIpc) is 2.26. The molecule has 9 nitrogen and oxygen atoms in total. The summed E-state index contributed by atoms with van der Waals surface area (Å²) in [6.07, 6.45) is 1.16. The van der Waals surface area contributed by atoms with Crippen LogP contribution in [0.2, 0.25) is 0 Å². The van der Waals surface area contributed by atoms with Crippen molar-refractivity contribution in [2.75, 3.05) is 12.4 Å². The monoisotopic (exact) mass is 255 g/mol. The quantitative estimate of drug-likeness (QED) is 0.542. The summed E-state index contributed by atoms with van der Waals surface area (Å²) in [6.45, 7) is 1.66. The van der Waals surface area contributed by atoms with E-state index in [1.165, 1.54) is 7.11 Å². The van der Waals surface area contributed by atoms with Gasteiger partial charge in [-0.3, -0.25) is 14.9 Å². The average molecular weight is 255 g/mol. The van der Waals surface area contributed by atoms with Crippen molar-refractivity contribution in [2.45, 2.75) is 19.4 Å². The minimum Gasteiger partial charge on any atom is -0.476 e. The molecule has 1 rings (SSSR count). The first-order valence-electron chi connectivity index (χ1n) is 5.04. The van der Waals surface area contributed by atoms with E-state index in [4.69, 9.17) is 10.5 Å². The molecular formula is C9H13N5O4. The topological polar surface area (TPSA) is 133 Å². The molecule has 9 heteroatoms. The van der Waals surface area contributed by atoms with E-state index in [-0.39, 0.29) is 29.8 Å². The molecule has 1 heterocycles. The zero-order chi connectivity index (χ0) is 13.7. The molecule has 1 unspecified atom stereocenters. The Kier molecular flexibility index (Phi) is 4.35. The molecule has 0 aliphatic heterocycles. The molecule has 0 radical (unpaired) electrons. The molecule has 98 valence electrons. The lowest BCUT2D eigenvalue weighted by atomic mass is 10.2. The first kappa shape index (κ1) is 13.6. The predicted molar refractivity (Wildman–Crippen MR) is 62.1 cm³/mol. The molecule has 1 amide bonds. The van der Waals surface area contributed by atoms with E-state index in [2.05, 4.69) is 15.3 Å². The molecule has 0 fully saturated rings. The number of nitrogens with zero attached hydrogens (tertiary/aromatic N) is 3. The summed E-state index contributed by atoms with van der Waals surface area (Å²) in [6, 6.07) is -0.388. The Bertz CT molecular complexity index is 464. The third-order valence-corrected chi connectivity index (χ3v) is 2.06. The highest BCUT2D eigenvalue weighted by atomic mass is 16.6. The summed E-state index contributed by atoms with van der Waals surface area (Å²) in [7, 11) is 1.27. The Morgan fingerprint density at radius 2 is 2.33 bits per heavy atom. The van der Waals surface area contributed by atoms with Crippen LogP contribution in [0.15, 0.2) is 6.33 Å². The third kappa shape index (κ3) is 3.27. The van der Waals surface area contributed by atoms with Crippen LogP contribution in [0.5, 0.6) is 5.88 Å². The molecule has 0 saturated heterocycles. The van der Waals surface area contributed by atoms with E-state index in [0.29, 0.717) is 0 Å². The fourth-order valence-electron chi connectivity index (χ4n) is 1.37. The summed E-state index contributed by atoms with van der Waals surface area (Å²) in [5.41, 5.74) is 4.65. The normalized spacial score (nSPS) is 11.7. The van der Waals surface area contributed by atoms with Gasteiger partial charge in [0.1, 0.15) is 6.33 Å². The minimum absolute atomic E-state index is 0.0133. The van der Waals surface area contributed by atoms with E-state index in [9.17, 15) is 14.9 Å². The highest BCUT2D eigenvalue weighted by Gasteiger charge is 2.24. The Balaban J connectivity index is 3.01. The Hall–Kier alpha value is -2.45. The molecule has 18 heavy (non-hydrogen) atoms. The van der Waals surface area contributed by atoms with Crippen LogP contribution < -0.4 is 15.8 Å². The molecule has 0 aliphatic carbocycles. The molecule has 0 aromatic carbocycles. The second kappa shape index (κ2) is 5.75. The van der Waals surface area contributed by atoms with Crippen LogP contribution in [-0.4, -0.2) is 34.0 Å². The molecule has 1 atom stereocenters. The second-order valence-electron chi connectivity index (χ2n) is 3.55. The number of hydrogen-bond donors (Lipinski definition) is 2. The first-order chi connectivity index (χ1) is 8.45. The number of carbonyl (C=O) groups excluding carboxylic acids is 1. The number of ether oxygens (including phenoxy) is 1. The van der Waals surface area contributed by atoms with Crippen LogP contribution in [0.1, 0.15) is 13.3 Å². The van der Waals surface area contributed by atoms with Crippen molar-refractivity contribution in [3.63, 3.8) is 0 Å². The SMILES string of the molecule is COc1ncnc(NC(C)CC(N)=O)c1[N+](=O)[O-]. The number of nitrogens with two attached hydrogens (primary N) is 1. The maximum atomic E-state index is 10.9. The van der Waals surface area contributed by atoms with Crippen LogP contribution in [0.4, 0.5) is 11.5 Å². The van der Waals surface area contributed by atoms with Crippen molar-refractivity contribution in [2.24, 2.45) is 5.73 Å². The summed E-state index contributed by atoms with van der Waals surface area (Å²) in [4.78, 5) is 28.4. The lowest BCUT2D eigenvalue weighted by molar-refractivity contribution is -0.385. The predicted octanol–water partition coefficient (Wildman–Crippen LogP) is 0.0692. The van der Waals surface area contributed by atoms with Crippen LogP contribution in [-0.2, 0) is 4.79 Å². The third-order valence-electron chi connectivity index (χ3n) is 2.06. The molecule has 0 spiro atoms. The highest BCUT2D eigenvalue weighted by Crippen LogP contribution is 2.30. The van der Waals surface area contributed by atoms with Crippen molar-refractivity contribution >= 4 is 17.4 Å². The standard InChI is InChI=1S/C9H13N5O4/c1-5(3-6(10)15)13-8-7(14(16)17)9(18-2)12-4-11-8/h4-5H,3H2,1-2H3,(H2,10,15)(H,11,12,13). The van der Waals surface area contributed by atoms with Gasteiger partial charge in [-0.1, -0.05) is 0 Å². The van der Waals surface area contributed by atoms with E-state index < -0.39 is 10.8 Å². The fraction of sp³-hybridized carbons (Fsp3) is 0.444. The summed E-state index contributed by atoms with van der Waals surface area (Å²) >= 11 is 0. The smallest absolute Gasteiger partial charge is 0.372 e. The number of rotatable bonds is 6. The second-order valence-corrected chi connectivity index (χ2v) is 3.55. The van der Waals surface area contributed by atoms with Gasteiger partial charge in [-0.25, -0.2) is 4.98 Å². The summed E-state index contributed by atoms with van der Waals surface area (Å²) < 4.78 is 4.79. The molecule has 1 aromatic heterocycles. The van der Waals surface area contributed by atoms with E-state index in [0.717, 1.165) is 6.33 Å². The maximum Gasteiger partial charge on any atom is 0.372 e. The van der Waals surface area contributed by atoms with Crippen molar-refractivity contribution in [1.29, 1.82) is 0 Å². The van der Waals surface area contributed by atoms with E-state index in [1.54, 1.807) is 6.92 Å². The summed E-state index contributed by atoms with van der Waals surface area (Å²) in [5.74, 6) is -0.678. The number of primary amides is 1. The van der Waals surface area contributed by atoms with Gasteiger partial charge in [0, 0.05) is 12.5 Å². The van der Waals surface area contributed by atoms with Crippen molar-refractivity contribution in [1.82, 2.24) is 9.97 Å². The maximum absolute atomic E-state index is 10.9. The zero-order valence-electron chi connectivity index (χ0n) is 9.91. The summed E-state index contributed by atoms with van der Waals surface area (Å²) in [5, 5.41) is 13.6. The van der Waals surface area contributed by atoms with Gasteiger partial charge in [0.2, 0.25) is 11.7 Å². The van der Waals surface area contributed by atoms with Gasteiger partial charge < -0.3 is 15.8 Å². The molecule has 0 saturated carbocycles. The van der Waals surface area contributed by atoms with Gasteiger partial charge in [-0.2, -0.15) is 4.98 Å². The number of carbonyl (C=O) groups is 1. The van der Waals surface area contributed by atoms with Crippen molar-refractivity contribution in [3.05, 3.63) is 16.4 Å². The first-order valence-corrected chi connectivity index (χ1v) is 5.04. The largest absolute Gasteiger partial charge is 0.476 e. The van der Waals surface area contributed by atoms with Crippen LogP contribution in [0.25, 0.3) is 0 Å². The molecule has 0 aliphatic rings. The van der Waals surface area contributed by atoms with Gasteiger partial charge in [-0.15, -0.1) is 0 Å². The number of nitro groups is 1. The van der Waals surface area contributed by atoms with Crippen LogP contribution in [0.3, 0.4) is 0 Å². The number of anilines is 1. The van der Waals surface area contributed by atoms with Gasteiger partial charge >= 0.3 is 5.69 Å². The Labute approximate surface area is 103 Å². The van der Waals surface area contributed by atoms with Gasteiger partial charge in [-0.05, 0) is 6.92 Å². The number of hydrogen-bond acceptors (Lipinski definition) is 7. The zero-order valence-corrected chi connectivity index (χ0v) is 9.91. The lowest BCUT2D eigenvalue weighted by Gasteiger charge is -2.12. The number of nitrogens with one attached hydrogen (secondary N) is 1. The number of methoxy groups -OCH3 is 1. The number of amides is 1. The minimum atomic E-state index is -0.655. The van der Waals surface area contributed by atoms with E-state index >= 15 is 0 Å². The van der Waals surface area contributed by atoms with Gasteiger partial charge in [0.25, 0.3) is 5.88 Å². The highest BCUT2D eigenvalue weighted by molar-refractivity contribution is 5.75. The fourth-order valence-corrected chi connectivity index (χ4v) is 1.37. The Morgan fingerprint density at radius 1 is 1.67 bits per heavy atom.